The molecule has 16 heavy (non-hydrogen) atoms. The highest BCUT2D eigenvalue weighted by molar-refractivity contribution is 5.74. The topological polar surface area (TPSA) is 101 Å². The normalized spacial score (nSPS) is 12.2. The van der Waals surface area contributed by atoms with E-state index >= 15 is 0 Å². The lowest BCUT2D eigenvalue weighted by Crippen LogP contribution is -2.13. The molecule has 0 saturated carbocycles. The first-order valence-electron chi connectivity index (χ1n) is 4.20. The highest BCUT2D eigenvalue weighted by Crippen LogP contribution is 2.26. The summed E-state index contributed by atoms with van der Waals surface area (Å²) in [5, 5.41) is 28.1. The Morgan fingerprint density at radius 1 is 1.56 bits per heavy atom. The van der Waals surface area contributed by atoms with Crippen molar-refractivity contribution in [1.29, 1.82) is 0 Å². The molecule has 1 aromatic carbocycles. The maximum absolute atomic E-state index is 13.4. The number of nitro benzene ring substituents is 1. The Balaban J connectivity index is 3.32. The van der Waals surface area contributed by atoms with Gasteiger partial charge in [-0.05, 0) is 24.1 Å². The zero-order chi connectivity index (χ0) is 12.5. The van der Waals surface area contributed by atoms with Gasteiger partial charge in [-0.15, -0.1) is 0 Å². The lowest BCUT2D eigenvalue weighted by Gasteiger charge is -2.09. The summed E-state index contributed by atoms with van der Waals surface area (Å²) >= 11 is 0. The van der Waals surface area contributed by atoms with Gasteiger partial charge in [-0.2, -0.15) is 4.39 Å². The molecule has 1 unspecified atom stereocenters. The van der Waals surface area contributed by atoms with E-state index in [1.54, 1.807) is 0 Å². The predicted molar refractivity (Wildman–Crippen MR) is 50.4 cm³/mol. The zero-order valence-electron chi connectivity index (χ0n) is 8.18. The second kappa shape index (κ2) is 4.23. The Kier molecular flexibility index (Phi) is 3.19. The van der Waals surface area contributed by atoms with Crippen molar-refractivity contribution < 1.29 is 24.3 Å². The van der Waals surface area contributed by atoms with Gasteiger partial charge in [0, 0.05) is 6.07 Å². The van der Waals surface area contributed by atoms with E-state index in [9.17, 15) is 24.4 Å². The van der Waals surface area contributed by atoms with Gasteiger partial charge in [0.05, 0.1) is 4.92 Å². The molecule has 0 fully saturated rings. The van der Waals surface area contributed by atoms with E-state index in [1.807, 2.05) is 0 Å². The summed E-state index contributed by atoms with van der Waals surface area (Å²) in [4.78, 5) is 19.9. The summed E-state index contributed by atoms with van der Waals surface area (Å²) in [6, 6.07) is 1.85. The van der Waals surface area contributed by atoms with Crippen LogP contribution in [-0.4, -0.2) is 21.1 Å². The van der Waals surface area contributed by atoms with Gasteiger partial charge < -0.3 is 10.2 Å². The van der Waals surface area contributed by atoms with Gasteiger partial charge in [-0.1, -0.05) is 0 Å². The molecule has 1 rings (SSSR count). The van der Waals surface area contributed by atoms with E-state index in [0.717, 1.165) is 12.1 Å². The largest absolute Gasteiger partial charge is 0.479 e. The number of aliphatic hydroxyl groups is 1. The van der Waals surface area contributed by atoms with E-state index in [-0.39, 0.29) is 11.1 Å². The number of carboxylic acid groups (broad SMARTS) is 1. The molecule has 0 amide bonds. The molecule has 7 heteroatoms. The van der Waals surface area contributed by atoms with Crippen LogP contribution in [0.15, 0.2) is 12.1 Å². The van der Waals surface area contributed by atoms with Gasteiger partial charge in [0.2, 0.25) is 5.82 Å². The Morgan fingerprint density at radius 2 is 2.12 bits per heavy atom. The van der Waals surface area contributed by atoms with Gasteiger partial charge in [0.1, 0.15) is 0 Å². The van der Waals surface area contributed by atoms with Crippen molar-refractivity contribution in [3.8, 4) is 0 Å². The van der Waals surface area contributed by atoms with Crippen LogP contribution < -0.4 is 0 Å². The fourth-order valence-electron chi connectivity index (χ4n) is 1.26. The lowest BCUT2D eigenvalue weighted by atomic mass is 10.0. The molecule has 0 saturated heterocycles. The standard InChI is InChI=1S/C9H8FNO5/c1-4-5(8(12)9(13)14)2-3-6(7(4)10)11(15)16/h2-3,8,12H,1H3,(H,13,14). The van der Waals surface area contributed by atoms with Crippen molar-refractivity contribution in [2.75, 3.05) is 0 Å². The molecule has 1 atom stereocenters. The first-order valence-corrected chi connectivity index (χ1v) is 4.20. The molecule has 6 nitrogen and oxygen atoms in total. The van der Waals surface area contributed by atoms with E-state index in [2.05, 4.69) is 0 Å². The second-order valence-electron chi connectivity index (χ2n) is 3.11. The first-order chi connectivity index (χ1) is 7.36. The highest BCUT2D eigenvalue weighted by Gasteiger charge is 2.24. The number of carbonyl (C=O) groups is 1. The first kappa shape index (κ1) is 12.1. The van der Waals surface area contributed by atoms with E-state index in [1.165, 1.54) is 6.92 Å². The summed E-state index contributed by atoms with van der Waals surface area (Å²) in [5.74, 6) is -2.68. The molecule has 1 aromatic rings. The average molecular weight is 229 g/mol. The minimum absolute atomic E-state index is 0.199. The Hall–Kier alpha value is -2.02. The van der Waals surface area contributed by atoms with Crippen molar-refractivity contribution >= 4 is 11.7 Å². The number of benzene rings is 1. The number of nitro groups is 1. The fourth-order valence-corrected chi connectivity index (χ4v) is 1.26. The van der Waals surface area contributed by atoms with Crippen LogP contribution in [0.2, 0.25) is 0 Å². The number of carboxylic acids is 1. The summed E-state index contributed by atoms with van der Waals surface area (Å²) in [5.41, 5.74) is -1.20. The Morgan fingerprint density at radius 3 is 2.56 bits per heavy atom. The van der Waals surface area contributed by atoms with Crippen LogP contribution >= 0.6 is 0 Å². The molecule has 86 valence electrons. The molecule has 0 radical (unpaired) electrons. The highest BCUT2D eigenvalue weighted by atomic mass is 19.1. The predicted octanol–water partition coefficient (Wildman–Crippen LogP) is 1.16. The number of aliphatic carboxylic acids is 1. The minimum Gasteiger partial charge on any atom is -0.479 e. The molecule has 0 aliphatic heterocycles. The number of halogens is 1. The van der Waals surface area contributed by atoms with Crippen molar-refractivity contribution in [3.63, 3.8) is 0 Å². The Bertz CT molecular complexity index is 459. The lowest BCUT2D eigenvalue weighted by molar-refractivity contribution is -0.387. The number of aliphatic hydroxyl groups excluding tert-OH is 1. The van der Waals surface area contributed by atoms with Gasteiger partial charge in [0.15, 0.2) is 6.10 Å². The molecule has 0 aliphatic rings. The minimum atomic E-state index is -1.89. The molecular weight excluding hydrogens is 221 g/mol. The molecule has 0 bridgehead atoms. The third kappa shape index (κ3) is 1.98. The molecular formula is C9H8FNO5. The number of nitrogens with zero attached hydrogens (tertiary/aromatic N) is 1. The van der Waals surface area contributed by atoms with Gasteiger partial charge in [0.25, 0.3) is 0 Å². The van der Waals surface area contributed by atoms with Crippen LogP contribution in [0.4, 0.5) is 10.1 Å². The SMILES string of the molecule is Cc1c(C(O)C(=O)O)ccc([N+](=O)[O-])c1F. The van der Waals surface area contributed by atoms with Gasteiger partial charge in [-0.25, -0.2) is 4.79 Å². The van der Waals surface area contributed by atoms with Crippen molar-refractivity contribution in [2.45, 2.75) is 13.0 Å². The van der Waals surface area contributed by atoms with Crippen LogP contribution in [0.5, 0.6) is 0 Å². The number of rotatable bonds is 3. The zero-order valence-corrected chi connectivity index (χ0v) is 8.18. The monoisotopic (exact) mass is 229 g/mol. The average Bonchev–Trinajstić information content (AvgIpc) is 2.20. The summed E-state index contributed by atoms with van der Waals surface area (Å²) < 4.78 is 13.4. The van der Waals surface area contributed by atoms with Crippen LogP contribution in [0.25, 0.3) is 0 Å². The molecule has 0 spiro atoms. The molecule has 0 heterocycles. The molecule has 0 aromatic heterocycles. The maximum Gasteiger partial charge on any atom is 0.337 e. The summed E-state index contributed by atoms with van der Waals surface area (Å²) in [6.07, 6.45) is -1.89. The van der Waals surface area contributed by atoms with Crippen LogP contribution in [0.1, 0.15) is 17.2 Å². The quantitative estimate of drug-likeness (QED) is 0.598. The van der Waals surface area contributed by atoms with Crippen molar-refractivity contribution in [3.05, 3.63) is 39.2 Å². The van der Waals surface area contributed by atoms with Crippen LogP contribution in [-0.2, 0) is 4.79 Å². The Labute approximate surface area is 89.1 Å². The second-order valence-corrected chi connectivity index (χ2v) is 3.11. The number of hydrogen-bond donors (Lipinski definition) is 2. The third-order valence-electron chi connectivity index (χ3n) is 2.13. The van der Waals surface area contributed by atoms with Crippen molar-refractivity contribution in [2.24, 2.45) is 0 Å². The van der Waals surface area contributed by atoms with Gasteiger partial charge in [-0.3, -0.25) is 10.1 Å². The van der Waals surface area contributed by atoms with Crippen molar-refractivity contribution in [1.82, 2.24) is 0 Å². The summed E-state index contributed by atoms with van der Waals surface area (Å²) in [7, 11) is 0. The molecule has 2 N–H and O–H groups in total. The maximum atomic E-state index is 13.4. The van der Waals surface area contributed by atoms with E-state index < -0.39 is 28.5 Å². The van der Waals surface area contributed by atoms with Gasteiger partial charge >= 0.3 is 11.7 Å². The summed E-state index contributed by atoms with van der Waals surface area (Å²) in [6.45, 7) is 1.17. The van der Waals surface area contributed by atoms with E-state index in [0.29, 0.717) is 0 Å². The van der Waals surface area contributed by atoms with E-state index in [4.69, 9.17) is 5.11 Å². The molecule has 0 aliphatic carbocycles. The van der Waals surface area contributed by atoms with Crippen LogP contribution in [0, 0.1) is 22.9 Å². The smallest absolute Gasteiger partial charge is 0.337 e. The fraction of sp³-hybridized carbons (Fsp3) is 0.222. The van der Waals surface area contributed by atoms with Crippen LogP contribution in [0.3, 0.4) is 0 Å². The third-order valence-corrected chi connectivity index (χ3v) is 2.13. The number of hydrogen-bond acceptors (Lipinski definition) is 4.